The molecule has 1 N–H and O–H groups in total. The van der Waals surface area contributed by atoms with Gasteiger partial charge in [-0.1, -0.05) is 24.3 Å². The predicted octanol–water partition coefficient (Wildman–Crippen LogP) is 4.56. The second-order valence-electron chi connectivity index (χ2n) is 5.89. The molecule has 0 aliphatic carbocycles. The molecular weight excluding hydrogens is 363 g/mol. The van der Waals surface area contributed by atoms with Crippen LogP contribution in [0.5, 0.6) is 0 Å². The molecule has 0 aliphatic rings. The number of carbonyl (C=O) groups excluding carboxylic acids is 1. The van der Waals surface area contributed by atoms with Crippen molar-refractivity contribution in [3.05, 3.63) is 70.9 Å². The highest BCUT2D eigenvalue weighted by molar-refractivity contribution is 7.20. The van der Waals surface area contributed by atoms with E-state index in [9.17, 15) is 9.18 Å². The molecule has 5 nitrogen and oxygen atoms in total. The van der Waals surface area contributed by atoms with Gasteiger partial charge in [-0.25, -0.2) is 4.39 Å². The van der Waals surface area contributed by atoms with Gasteiger partial charge in [0.15, 0.2) is 0 Å². The molecule has 0 saturated heterocycles. The van der Waals surface area contributed by atoms with Crippen LogP contribution in [0.25, 0.3) is 21.5 Å². The quantitative estimate of drug-likeness (QED) is 0.570. The van der Waals surface area contributed by atoms with Crippen LogP contribution in [-0.2, 0) is 7.05 Å². The highest BCUT2D eigenvalue weighted by Gasteiger charge is 2.20. The molecule has 0 fully saturated rings. The molecule has 0 atom stereocenters. The number of hydrogen-bond acceptors (Lipinski definition) is 4. The van der Waals surface area contributed by atoms with E-state index in [0.29, 0.717) is 32.8 Å². The summed E-state index contributed by atoms with van der Waals surface area (Å²) in [5.41, 5.74) is 1.73. The summed E-state index contributed by atoms with van der Waals surface area (Å²) in [6.07, 6.45) is 0. The monoisotopic (exact) mass is 376 g/mol. The van der Waals surface area contributed by atoms with Crippen molar-refractivity contribution >= 4 is 33.1 Å². The largest absolute Gasteiger partial charge is 0.320 e. The third kappa shape index (κ3) is 2.96. The van der Waals surface area contributed by atoms with Crippen LogP contribution < -0.4 is 5.32 Å². The van der Waals surface area contributed by atoms with Crippen molar-refractivity contribution in [2.24, 2.45) is 7.05 Å². The van der Waals surface area contributed by atoms with Gasteiger partial charge >= 0.3 is 0 Å². The van der Waals surface area contributed by atoms with Crippen LogP contribution in [0.1, 0.15) is 15.2 Å². The number of anilines is 1. The van der Waals surface area contributed by atoms with Crippen molar-refractivity contribution in [2.75, 3.05) is 5.32 Å². The normalized spacial score (nSPS) is 10.7. The molecule has 2 aromatic carbocycles. The fraction of sp³-hybridized carbons (Fsp3) is 0.0500. The Morgan fingerprint density at radius 3 is 2.74 bits per heavy atom. The molecule has 132 valence electrons. The van der Waals surface area contributed by atoms with Gasteiger partial charge in [0.2, 0.25) is 0 Å². The van der Waals surface area contributed by atoms with E-state index < -0.39 is 0 Å². The lowest BCUT2D eigenvalue weighted by molar-refractivity contribution is 0.103. The number of para-hydroxylation sites is 1. The standard InChI is InChI=1S/C20H13FN4OS/c1-25-20-14(18(24-25)13-7-3-4-8-15(13)21)10-17(27-20)19(26)23-16-9-5-2-6-12(16)11-22/h2-10H,1H3,(H,23,26). The Hall–Kier alpha value is -3.50. The lowest BCUT2D eigenvalue weighted by Gasteiger charge is -2.05. The highest BCUT2D eigenvalue weighted by atomic mass is 32.1. The Kier molecular flexibility index (Phi) is 4.18. The number of aryl methyl sites for hydroxylation is 1. The molecule has 0 aliphatic heterocycles. The number of aromatic nitrogens is 2. The summed E-state index contributed by atoms with van der Waals surface area (Å²) in [7, 11) is 1.76. The third-order valence-electron chi connectivity index (χ3n) is 4.16. The van der Waals surface area contributed by atoms with Crippen molar-refractivity contribution in [1.82, 2.24) is 9.78 Å². The van der Waals surface area contributed by atoms with Gasteiger partial charge in [0, 0.05) is 18.0 Å². The van der Waals surface area contributed by atoms with Crippen LogP contribution in [0.4, 0.5) is 10.1 Å². The fourth-order valence-electron chi connectivity index (χ4n) is 2.88. The SMILES string of the molecule is Cn1nc(-c2ccccc2F)c2cc(C(=O)Nc3ccccc3C#N)sc21. The topological polar surface area (TPSA) is 70.7 Å². The first-order valence-corrected chi connectivity index (χ1v) is 8.92. The molecule has 4 rings (SSSR count). The number of hydrogen-bond donors (Lipinski definition) is 1. The Morgan fingerprint density at radius 1 is 1.22 bits per heavy atom. The fourth-order valence-corrected chi connectivity index (χ4v) is 3.85. The van der Waals surface area contributed by atoms with E-state index in [1.165, 1.54) is 17.4 Å². The van der Waals surface area contributed by atoms with E-state index in [1.807, 2.05) is 0 Å². The lowest BCUT2D eigenvalue weighted by Crippen LogP contribution is -2.11. The molecule has 2 heterocycles. The van der Waals surface area contributed by atoms with Crippen LogP contribution >= 0.6 is 11.3 Å². The van der Waals surface area contributed by atoms with E-state index in [1.54, 1.807) is 60.3 Å². The summed E-state index contributed by atoms with van der Waals surface area (Å²) in [4.78, 5) is 13.9. The number of nitrogens with zero attached hydrogens (tertiary/aromatic N) is 3. The van der Waals surface area contributed by atoms with Crippen LogP contribution in [0.2, 0.25) is 0 Å². The molecule has 27 heavy (non-hydrogen) atoms. The summed E-state index contributed by atoms with van der Waals surface area (Å²) in [6.45, 7) is 0. The molecule has 7 heteroatoms. The van der Waals surface area contributed by atoms with Gasteiger partial charge in [-0.2, -0.15) is 10.4 Å². The number of thiophene rings is 1. The number of carbonyl (C=O) groups is 1. The van der Waals surface area contributed by atoms with Gasteiger partial charge in [0.25, 0.3) is 5.91 Å². The number of halogens is 1. The maximum atomic E-state index is 14.2. The molecular formula is C20H13FN4OS. The van der Waals surface area contributed by atoms with Crippen LogP contribution in [0, 0.1) is 17.1 Å². The minimum Gasteiger partial charge on any atom is -0.320 e. The molecule has 0 bridgehead atoms. The Bertz CT molecular complexity index is 1220. The summed E-state index contributed by atoms with van der Waals surface area (Å²) >= 11 is 1.27. The first-order chi connectivity index (χ1) is 13.1. The van der Waals surface area contributed by atoms with E-state index in [0.717, 1.165) is 4.83 Å². The number of nitrogens with one attached hydrogen (secondary N) is 1. The number of benzene rings is 2. The second kappa shape index (κ2) is 6.67. The van der Waals surface area contributed by atoms with Crippen LogP contribution in [0.15, 0.2) is 54.6 Å². The summed E-state index contributed by atoms with van der Waals surface area (Å²) < 4.78 is 15.8. The highest BCUT2D eigenvalue weighted by Crippen LogP contribution is 2.35. The number of rotatable bonds is 3. The minimum absolute atomic E-state index is 0.321. The van der Waals surface area contributed by atoms with Crippen molar-refractivity contribution in [2.45, 2.75) is 0 Å². The third-order valence-corrected chi connectivity index (χ3v) is 5.36. The van der Waals surface area contributed by atoms with Crippen LogP contribution in [0.3, 0.4) is 0 Å². The first-order valence-electron chi connectivity index (χ1n) is 8.10. The van der Waals surface area contributed by atoms with E-state index in [-0.39, 0.29) is 11.7 Å². The van der Waals surface area contributed by atoms with Gasteiger partial charge in [-0.15, -0.1) is 11.3 Å². The summed E-state index contributed by atoms with van der Waals surface area (Å²) in [5, 5.41) is 17.0. The number of nitriles is 1. The second-order valence-corrected chi connectivity index (χ2v) is 6.92. The zero-order chi connectivity index (χ0) is 19.0. The predicted molar refractivity (Wildman–Crippen MR) is 103 cm³/mol. The summed E-state index contributed by atoms with van der Waals surface area (Å²) in [5.74, 6) is -0.684. The van der Waals surface area contributed by atoms with Gasteiger partial charge in [0.05, 0.1) is 16.1 Å². The number of amides is 1. The van der Waals surface area contributed by atoms with Crippen molar-refractivity contribution < 1.29 is 9.18 Å². The molecule has 4 aromatic rings. The van der Waals surface area contributed by atoms with Gasteiger partial charge in [-0.05, 0) is 30.3 Å². The lowest BCUT2D eigenvalue weighted by atomic mass is 10.1. The van der Waals surface area contributed by atoms with Gasteiger partial charge in [0.1, 0.15) is 22.4 Å². The Morgan fingerprint density at radius 2 is 1.96 bits per heavy atom. The van der Waals surface area contributed by atoms with E-state index >= 15 is 0 Å². The Labute approximate surface area is 158 Å². The van der Waals surface area contributed by atoms with Crippen molar-refractivity contribution in [1.29, 1.82) is 5.26 Å². The van der Waals surface area contributed by atoms with Gasteiger partial charge < -0.3 is 5.32 Å². The van der Waals surface area contributed by atoms with E-state index in [4.69, 9.17) is 5.26 Å². The first kappa shape index (κ1) is 16.9. The zero-order valence-corrected chi connectivity index (χ0v) is 15.0. The average Bonchev–Trinajstić information content (AvgIpc) is 3.24. The Balaban J connectivity index is 1.74. The zero-order valence-electron chi connectivity index (χ0n) is 14.2. The molecule has 0 spiro atoms. The summed E-state index contributed by atoms with van der Waals surface area (Å²) in [6, 6.07) is 17.0. The van der Waals surface area contributed by atoms with Gasteiger partial charge in [-0.3, -0.25) is 9.48 Å². The van der Waals surface area contributed by atoms with Crippen molar-refractivity contribution in [3.8, 4) is 17.3 Å². The molecule has 0 saturated carbocycles. The van der Waals surface area contributed by atoms with E-state index in [2.05, 4.69) is 16.5 Å². The molecule has 1 amide bonds. The average molecular weight is 376 g/mol. The maximum Gasteiger partial charge on any atom is 0.265 e. The molecule has 2 aromatic heterocycles. The van der Waals surface area contributed by atoms with Crippen molar-refractivity contribution in [3.63, 3.8) is 0 Å². The minimum atomic E-state index is -0.363. The van der Waals surface area contributed by atoms with Crippen LogP contribution in [-0.4, -0.2) is 15.7 Å². The number of fused-ring (bicyclic) bond motifs is 1. The maximum absolute atomic E-state index is 14.2. The molecule has 0 radical (unpaired) electrons. The molecule has 0 unspecified atom stereocenters. The smallest absolute Gasteiger partial charge is 0.265 e.